The SMILES string of the molecule is C#Cc1ccccc1N[O-]. The quantitative estimate of drug-likeness (QED) is 0.465. The molecular formula is C8H6NO-. The maximum atomic E-state index is 10.2. The highest BCUT2D eigenvalue weighted by Gasteiger charge is 1.89. The van der Waals surface area contributed by atoms with Crippen LogP contribution in [-0.2, 0) is 0 Å². The molecule has 0 radical (unpaired) electrons. The Morgan fingerprint density at radius 2 is 2.10 bits per heavy atom. The van der Waals surface area contributed by atoms with Crippen molar-refractivity contribution in [3.8, 4) is 12.3 Å². The van der Waals surface area contributed by atoms with Crippen LogP contribution >= 0.6 is 0 Å². The van der Waals surface area contributed by atoms with Crippen LogP contribution in [0.5, 0.6) is 0 Å². The van der Waals surface area contributed by atoms with Crippen molar-refractivity contribution in [2.75, 3.05) is 5.48 Å². The highest BCUT2D eigenvalue weighted by molar-refractivity contribution is 5.58. The smallest absolute Gasteiger partial charge is 0.0466 e. The van der Waals surface area contributed by atoms with E-state index in [1.165, 1.54) is 0 Å². The van der Waals surface area contributed by atoms with E-state index in [4.69, 9.17) is 6.42 Å². The average molecular weight is 132 g/mol. The molecule has 1 rings (SSSR count). The third kappa shape index (κ3) is 1.09. The summed E-state index contributed by atoms with van der Waals surface area (Å²) in [7, 11) is 0. The summed E-state index contributed by atoms with van der Waals surface area (Å²) in [6, 6.07) is 6.89. The van der Waals surface area contributed by atoms with E-state index in [-0.39, 0.29) is 0 Å². The lowest BCUT2D eigenvalue weighted by atomic mass is 10.2. The molecule has 1 N–H and O–H groups in total. The largest absolute Gasteiger partial charge is 0.761 e. The van der Waals surface area contributed by atoms with Crippen LogP contribution in [-0.4, -0.2) is 0 Å². The summed E-state index contributed by atoms with van der Waals surface area (Å²) in [6.07, 6.45) is 5.10. The van der Waals surface area contributed by atoms with Gasteiger partial charge in [0.05, 0.1) is 0 Å². The third-order valence-electron chi connectivity index (χ3n) is 1.19. The highest BCUT2D eigenvalue weighted by Crippen LogP contribution is 2.11. The van der Waals surface area contributed by atoms with Crippen LogP contribution < -0.4 is 5.48 Å². The standard InChI is InChI=1S/C8H6NO/c1-2-7-5-3-4-6-8(7)9-10/h1,3-6,9H/q-1. The zero-order valence-corrected chi connectivity index (χ0v) is 5.29. The molecule has 2 nitrogen and oxygen atoms in total. The number of terminal acetylenes is 1. The number of anilines is 1. The lowest BCUT2D eigenvalue weighted by molar-refractivity contribution is 1.57. The molecule has 1 aromatic carbocycles. The number of nitrogens with one attached hydrogen (secondary N) is 1. The van der Waals surface area contributed by atoms with Crippen molar-refractivity contribution < 1.29 is 0 Å². The number of benzene rings is 1. The molecule has 0 saturated heterocycles. The predicted molar refractivity (Wildman–Crippen MR) is 41.4 cm³/mol. The first-order valence-corrected chi connectivity index (χ1v) is 2.82. The molecule has 0 fully saturated rings. The van der Waals surface area contributed by atoms with E-state index in [2.05, 4.69) is 5.92 Å². The summed E-state index contributed by atoms with van der Waals surface area (Å²) in [6.45, 7) is 0. The van der Waals surface area contributed by atoms with Gasteiger partial charge in [-0.1, -0.05) is 18.1 Å². The summed E-state index contributed by atoms with van der Waals surface area (Å²) >= 11 is 0. The second kappa shape index (κ2) is 2.90. The van der Waals surface area contributed by atoms with Gasteiger partial charge in [-0.2, -0.15) is 0 Å². The number of hydrogen-bond acceptors (Lipinski definition) is 2. The first-order chi connectivity index (χ1) is 4.88. The minimum atomic E-state index is 0.449. The monoisotopic (exact) mass is 132 g/mol. The van der Waals surface area contributed by atoms with Crippen molar-refractivity contribution >= 4 is 5.69 Å². The Bertz CT molecular complexity index is 262. The first kappa shape index (κ1) is 6.66. The van der Waals surface area contributed by atoms with Crippen LogP contribution in [0, 0.1) is 17.6 Å². The second-order valence-electron chi connectivity index (χ2n) is 1.79. The Balaban J connectivity index is 3.12. The second-order valence-corrected chi connectivity index (χ2v) is 1.79. The van der Waals surface area contributed by atoms with Gasteiger partial charge in [-0.15, -0.1) is 6.42 Å². The van der Waals surface area contributed by atoms with Gasteiger partial charge >= 0.3 is 0 Å². The molecule has 0 bridgehead atoms. The minimum absolute atomic E-state index is 0.449. The fourth-order valence-corrected chi connectivity index (χ4v) is 0.698. The molecule has 0 aliphatic heterocycles. The van der Waals surface area contributed by atoms with Gasteiger partial charge in [0.2, 0.25) is 0 Å². The van der Waals surface area contributed by atoms with Crippen LogP contribution in [0.1, 0.15) is 5.56 Å². The van der Waals surface area contributed by atoms with Gasteiger partial charge in [0, 0.05) is 11.3 Å². The molecule has 0 aliphatic rings. The molecule has 0 spiro atoms. The van der Waals surface area contributed by atoms with E-state index >= 15 is 0 Å². The Labute approximate surface area is 59.5 Å². The molecule has 1 aromatic rings. The van der Waals surface area contributed by atoms with Crippen molar-refractivity contribution in [1.82, 2.24) is 0 Å². The highest BCUT2D eigenvalue weighted by atomic mass is 16.5. The number of hydrogen-bond donors (Lipinski definition) is 1. The molecule has 10 heavy (non-hydrogen) atoms. The van der Waals surface area contributed by atoms with E-state index in [0.29, 0.717) is 11.3 Å². The molecule has 50 valence electrons. The van der Waals surface area contributed by atoms with Gasteiger partial charge in [0.1, 0.15) is 0 Å². The van der Waals surface area contributed by atoms with Crippen LogP contribution in [0.3, 0.4) is 0 Å². The van der Waals surface area contributed by atoms with Gasteiger partial charge in [0.25, 0.3) is 0 Å². The summed E-state index contributed by atoms with van der Waals surface area (Å²) in [5, 5.41) is 10.2. The molecule has 0 unspecified atom stereocenters. The summed E-state index contributed by atoms with van der Waals surface area (Å²) in [5.41, 5.74) is 2.80. The van der Waals surface area contributed by atoms with Crippen molar-refractivity contribution in [3.05, 3.63) is 35.0 Å². The maximum Gasteiger partial charge on any atom is 0.0466 e. The van der Waals surface area contributed by atoms with Crippen molar-refractivity contribution in [2.24, 2.45) is 0 Å². The van der Waals surface area contributed by atoms with Gasteiger partial charge in [0.15, 0.2) is 0 Å². The molecule has 0 heterocycles. The molecule has 0 atom stereocenters. The topological polar surface area (TPSA) is 35.1 Å². The van der Waals surface area contributed by atoms with E-state index < -0.39 is 0 Å². The summed E-state index contributed by atoms with van der Waals surface area (Å²) < 4.78 is 0. The number of rotatable bonds is 1. The Kier molecular flexibility index (Phi) is 1.93. The molecular weight excluding hydrogens is 126 g/mol. The first-order valence-electron chi connectivity index (χ1n) is 2.82. The fraction of sp³-hybridized carbons (Fsp3) is 0. The van der Waals surface area contributed by atoms with Crippen LogP contribution in [0.15, 0.2) is 24.3 Å². The Hall–Kier alpha value is -1.46. The maximum absolute atomic E-state index is 10.2. The Morgan fingerprint density at radius 3 is 2.60 bits per heavy atom. The summed E-state index contributed by atoms with van der Waals surface area (Å²) in [5.74, 6) is 2.38. The van der Waals surface area contributed by atoms with E-state index in [0.717, 1.165) is 0 Å². The van der Waals surface area contributed by atoms with Gasteiger partial charge < -0.3 is 10.7 Å². The van der Waals surface area contributed by atoms with Gasteiger partial charge in [-0.05, 0) is 12.1 Å². The van der Waals surface area contributed by atoms with E-state index in [9.17, 15) is 5.21 Å². The Morgan fingerprint density at radius 1 is 1.40 bits per heavy atom. The summed E-state index contributed by atoms with van der Waals surface area (Å²) in [4.78, 5) is 0. The van der Waals surface area contributed by atoms with Gasteiger partial charge in [-0.3, -0.25) is 0 Å². The molecule has 2 heteroatoms. The van der Waals surface area contributed by atoms with E-state index in [1.54, 1.807) is 29.7 Å². The molecule has 0 saturated carbocycles. The zero-order chi connectivity index (χ0) is 7.40. The molecule has 0 aliphatic carbocycles. The van der Waals surface area contributed by atoms with Crippen molar-refractivity contribution in [1.29, 1.82) is 0 Å². The fourth-order valence-electron chi connectivity index (χ4n) is 0.698. The van der Waals surface area contributed by atoms with Crippen LogP contribution in [0.25, 0.3) is 0 Å². The minimum Gasteiger partial charge on any atom is -0.761 e. The molecule has 0 aromatic heterocycles. The van der Waals surface area contributed by atoms with E-state index in [1.807, 2.05) is 0 Å². The predicted octanol–water partition coefficient (Wildman–Crippen LogP) is 1.58. The average Bonchev–Trinajstić information content (AvgIpc) is 2.04. The lowest BCUT2D eigenvalue weighted by Crippen LogP contribution is -1.87. The normalized spacial score (nSPS) is 8.40. The number of para-hydroxylation sites is 1. The molecule has 0 amide bonds. The lowest BCUT2D eigenvalue weighted by Gasteiger charge is -2.10. The van der Waals surface area contributed by atoms with Crippen LogP contribution in [0.4, 0.5) is 5.69 Å². The zero-order valence-electron chi connectivity index (χ0n) is 5.29. The third-order valence-corrected chi connectivity index (χ3v) is 1.19. The van der Waals surface area contributed by atoms with Gasteiger partial charge in [-0.25, -0.2) is 0 Å². The van der Waals surface area contributed by atoms with Crippen molar-refractivity contribution in [3.63, 3.8) is 0 Å². The van der Waals surface area contributed by atoms with Crippen LogP contribution in [0.2, 0.25) is 0 Å². The van der Waals surface area contributed by atoms with Crippen molar-refractivity contribution in [2.45, 2.75) is 0 Å².